The van der Waals surface area contributed by atoms with Crippen LogP contribution in [0.4, 0.5) is 17.1 Å². The zero-order valence-electron chi connectivity index (χ0n) is 18.4. The van der Waals surface area contributed by atoms with Gasteiger partial charge in [0.25, 0.3) is 0 Å². The Morgan fingerprint density at radius 1 is 0.938 bits per heavy atom. The number of aliphatic imine (C=N–C) groups is 1. The summed E-state index contributed by atoms with van der Waals surface area (Å²) in [5.41, 5.74) is 2.41. The average molecular weight is 426 g/mol. The van der Waals surface area contributed by atoms with Crippen molar-refractivity contribution in [3.63, 3.8) is 0 Å². The lowest BCUT2D eigenvalue weighted by atomic mass is 10.0. The number of anilines is 2. The number of benzene rings is 3. The number of carbonyl (C=O) groups is 1. The molecule has 0 N–H and O–H groups in total. The van der Waals surface area contributed by atoms with Crippen LogP contribution in [-0.4, -0.2) is 30.6 Å². The summed E-state index contributed by atoms with van der Waals surface area (Å²) in [7, 11) is 1.47. The number of para-hydroxylation sites is 3. The van der Waals surface area contributed by atoms with Gasteiger partial charge in [0.05, 0.1) is 18.3 Å². The van der Waals surface area contributed by atoms with Gasteiger partial charge in [0.15, 0.2) is 6.04 Å². The Kier molecular flexibility index (Phi) is 5.17. The van der Waals surface area contributed by atoms with Crippen molar-refractivity contribution >= 4 is 29.0 Å². The van der Waals surface area contributed by atoms with Gasteiger partial charge in [0, 0.05) is 11.4 Å². The lowest BCUT2D eigenvalue weighted by molar-refractivity contribution is -0.142. The van der Waals surface area contributed by atoms with Crippen molar-refractivity contribution in [2.45, 2.75) is 31.3 Å². The molecule has 2 aliphatic rings. The van der Waals surface area contributed by atoms with Crippen LogP contribution in [0, 0.1) is 5.92 Å². The molecular weight excluding hydrogens is 398 g/mol. The van der Waals surface area contributed by atoms with E-state index in [4.69, 9.17) is 9.73 Å². The Morgan fingerprint density at radius 2 is 1.50 bits per heavy atom. The highest BCUT2D eigenvalue weighted by molar-refractivity contribution is 6.17. The summed E-state index contributed by atoms with van der Waals surface area (Å²) in [6.07, 6.45) is 1.90. The lowest BCUT2D eigenvalue weighted by Crippen LogP contribution is -2.47. The van der Waals surface area contributed by atoms with Gasteiger partial charge in [-0.25, -0.2) is 9.79 Å². The van der Waals surface area contributed by atoms with Crippen LogP contribution in [0.5, 0.6) is 0 Å². The van der Waals surface area contributed by atoms with E-state index in [-0.39, 0.29) is 5.97 Å². The highest BCUT2D eigenvalue weighted by Gasteiger charge is 2.72. The first-order valence-electron chi connectivity index (χ1n) is 11.1. The number of carbonyl (C=O) groups excluding carboxylic acids is 1. The molecule has 3 aromatic carbocycles. The predicted octanol–water partition coefficient (Wildman–Crippen LogP) is 5.41. The maximum absolute atomic E-state index is 13.3. The van der Waals surface area contributed by atoms with E-state index in [0.29, 0.717) is 5.92 Å². The fraction of sp³-hybridized carbons (Fsp3) is 0.259. The molecule has 3 atom stereocenters. The summed E-state index contributed by atoms with van der Waals surface area (Å²) in [6, 6.07) is 29.7. The predicted molar refractivity (Wildman–Crippen MR) is 128 cm³/mol. The van der Waals surface area contributed by atoms with Crippen molar-refractivity contribution in [1.82, 2.24) is 0 Å². The summed E-state index contributed by atoms with van der Waals surface area (Å²) >= 11 is 0. The van der Waals surface area contributed by atoms with E-state index < -0.39 is 11.6 Å². The highest BCUT2D eigenvalue weighted by Crippen LogP contribution is 2.60. The summed E-state index contributed by atoms with van der Waals surface area (Å²) in [5.74, 6) is 0.880. The summed E-state index contributed by atoms with van der Waals surface area (Å²) in [4.78, 5) is 22.8. The molecule has 0 amide bonds. The van der Waals surface area contributed by atoms with E-state index in [1.807, 2.05) is 78.9 Å². The minimum atomic E-state index is -0.484. The molecule has 0 bridgehead atoms. The summed E-state index contributed by atoms with van der Waals surface area (Å²) in [6.45, 7) is 2.19. The van der Waals surface area contributed by atoms with Crippen molar-refractivity contribution in [2.24, 2.45) is 10.9 Å². The number of esters is 1. The largest absolute Gasteiger partial charge is 0.467 e. The number of hydrogen-bond donors (Lipinski definition) is 0. The highest BCUT2D eigenvalue weighted by atomic mass is 16.5. The quantitative estimate of drug-likeness (QED) is 0.513. The van der Waals surface area contributed by atoms with Gasteiger partial charge in [-0.3, -0.25) is 4.90 Å². The maximum atomic E-state index is 13.3. The zero-order valence-corrected chi connectivity index (χ0v) is 18.4. The van der Waals surface area contributed by atoms with Gasteiger partial charge in [-0.05, 0) is 48.7 Å². The molecule has 32 heavy (non-hydrogen) atoms. The van der Waals surface area contributed by atoms with Crippen LogP contribution in [0.1, 0.15) is 19.8 Å². The van der Waals surface area contributed by atoms with Gasteiger partial charge < -0.3 is 9.64 Å². The van der Waals surface area contributed by atoms with Crippen LogP contribution < -0.4 is 9.80 Å². The van der Waals surface area contributed by atoms with Gasteiger partial charge in [-0.15, -0.1) is 0 Å². The van der Waals surface area contributed by atoms with Gasteiger partial charge in [0.2, 0.25) is 5.96 Å². The molecule has 1 heterocycles. The molecule has 2 fully saturated rings. The van der Waals surface area contributed by atoms with Crippen LogP contribution >= 0.6 is 0 Å². The molecule has 1 saturated heterocycles. The third-order valence-electron chi connectivity index (χ3n) is 6.63. The normalized spacial score (nSPS) is 25.4. The molecule has 1 aliphatic carbocycles. The van der Waals surface area contributed by atoms with Crippen LogP contribution in [0.2, 0.25) is 0 Å². The van der Waals surface area contributed by atoms with Crippen LogP contribution in [0.15, 0.2) is 96.0 Å². The molecule has 0 radical (unpaired) electrons. The molecule has 5 heteroatoms. The second-order valence-electron chi connectivity index (χ2n) is 8.35. The van der Waals surface area contributed by atoms with Gasteiger partial charge >= 0.3 is 5.97 Å². The molecule has 1 saturated carbocycles. The summed E-state index contributed by atoms with van der Waals surface area (Å²) in [5, 5.41) is 0. The molecule has 162 valence electrons. The third-order valence-corrected chi connectivity index (χ3v) is 6.63. The van der Waals surface area contributed by atoms with Crippen molar-refractivity contribution in [1.29, 1.82) is 0 Å². The zero-order chi connectivity index (χ0) is 22.1. The Morgan fingerprint density at radius 3 is 2.03 bits per heavy atom. The van der Waals surface area contributed by atoms with Crippen LogP contribution in [0.3, 0.4) is 0 Å². The van der Waals surface area contributed by atoms with Crippen molar-refractivity contribution in [2.75, 3.05) is 16.9 Å². The van der Waals surface area contributed by atoms with Gasteiger partial charge in [-0.2, -0.15) is 0 Å². The number of guanidine groups is 1. The van der Waals surface area contributed by atoms with Crippen molar-refractivity contribution in [3.8, 4) is 0 Å². The van der Waals surface area contributed by atoms with Crippen molar-refractivity contribution < 1.29 is 9.53 Å². The lowest BCUT2D eigenvalue weighted by Gasteiger charge is -2.28. The van der Waals surface area contributed by atoms with E-state index in [0.717, 1.165) is 35.9 Å². The molecule has 3 aromatic rings. The fourth-order valence-corrected chi connectivity index (χ4v) is 5.13. The van der Waals surface area contributed by atoms with Crippen LogP contribution in [0.25, 0.3) is 0 Å². The molecule has 5 rings (SSSR count). The number of ether oxygens (including phenoxy) is 1. The molecule has 5 nitrogen and oxygen atoms in total. The van der Waals surface area contributed by atoms with Gasteiger partial charge in [0.1, 0.15) is 0 Å². The topological polar surface area (TPSA) is 45.1 Å². The van der Waals surface area contributed by atoms with Crippen molar-refractivity contribution in [3.05, 3.63) is 91.0 Å². The molecule has 1 aliphatic heterocycles. The van der Waals surface area contributed by atoms with E-state index >= 15 is 0 Å². The van der Waals surface area contributed by atoms with Crippen LogP contribution in [-0.2, 0) is 9.53 Å². The molecular formula is C27H27N3O2. The smallest absolute Gasteiger partial charge is 0.331 e. The number of methoxy groups -OCH3 is 1. The summed E-state index contributed by atoms with van der Waals surface area (Å²) < 4.78 is 5.37. The van der Waals surface area contributed by atoms with E-state index in [1.54, 1.807) is 0 Å². The second kappa shape index (κ2) is 8.15. The molecule has 0 unspecified atom stereocenters. The van der Waals surface area contributed by atoms with E-state index in [1.165, 1.54) is 7.11 Å². The maximum Gasteiger partial charge on any atom is 0.331 e. The monoisotopic (exact) mass is 425 g/mol. The number of hydrogen-bond acceptors (Lipinski definition) is 3. The molecule has 1 spiro atoms. The Balaban J connectivity index is 1.78. The molecule has 0 aromatic heterocycles. The number of nitrogens with zero attached hydrogens (tertiary/aromatic N) is 3. The second-order valence-corrected chi connectivity index (χ2v) is 8.35. The first-order valence-corrected chi connectivity index (χ1v) is 11.1. The van der Waals surface area contributed by atoms with E-state index in [2.05, 4.69) is 28.9 Å². The standard InChI is InChI=1S/C27H27N3O2/c1-3-20-19-27(20)24(25(31)32-2)29(22-15-9-5-10-16-22)26(28-21-13-7-4-8-14-21)30(27)23-17-11-6-12-18-23/h4-18,20,24H,3,19H2,1-2H3/t20-,24-,27-/m1/s1. The Bertz CT molecular complexity index is 1120. The Labute approximate surface area is 189 Å². The Hall–Kier alpha value is -3.60. The van der Waals surface area contributed by atoms with Gasteiger partial charge in [-0.1, -0.05) is 67.9 Å². The fourth-order valence-electron chi connectivity index (χ4n) is 5.13. The SMILES string of the molecule is CC[C@@H]1C[C@]12[C@@H](C(=O)OC)N(c1ccccc1)C(=Nc1ccccc1)N2c1ccccc1. The number of rotatable bonds is 5. The average Bonchev–Trinajstić information content (AvgIpc) is 3.50. The van der Waals surface area contributed by atoms with E-state index in [9.17, 15) is 4.79 Å². The third kappa shape index (κ3) is 3.16. The minimum Gasteiger partial charge on any atom is -0.467 e. The first-order chi connectivity index (χ1) is 15.7. The minimum absolute atomic E-state index is 0.232. The first kappa shape index (κ1) is 20.3.